The van der Waals surface area contributed by atoms with E-state index in [0.717, 1.165) is 30.5 Å². The molecule has 0 saturated carbocycles. The van der Waals surface area contributed by atoms with E-state index in [2.05, 4.69) is 32.5 Å². The number of ether oxygens (including phenoxy) is 3. The molecule has 0 amide bonds. The molecule has 10 heteroatoms. The average Bonchev–Trinajstić information content (AvgIpc) is 2.86. The third kappa shape index (κ3) is 4.93. The van der Waals surface area contributed by atoms with Crippen LogP contribution in [-0.2, 0) is 11.2 Å². The van der Waals surface area contributed by atoms with E-state index in [1.807, 2.05) is 0 Å². The number of methoxy groups -OCH3 is 3. The lowest BCUT2D eigenvalue weighted by molar-refractivity contribution is 0.272. The summed E-state index contributed by atoms with van der Waals surface area (Å²) in [6.45, 7) is 1.84. The van der Waals surface area contributed by atoms with E-state index < -0.39 is 11.2 Å². The number of halogens is 1. The summed E-state index contributed by atoms with van der Waals surface area (Å²) >= 11 is 1.07. The van der Waals surface area contributed by atoms with E-state index >= 15 is 0 Å². The Labute approximate surface area is 209 Å². The number of piperidine rings is 1. The molecule has 1 atom stereocenters. The molecule has 0 bridgehead atoms. The van der Waals surface area contributed by atoms with E-state index in [-0.39, 0.29) is 10.8 Å². The molecule has 1 aliphatic rings. The number of aromatic amines is 1. The zero-order chi connectivity index (χ0) is 23.5. The minimum absolute atomic E-state index is 0.0300. The molecular formula is C23H26IN3O5S. The second-order valence-corrected chi connectivity index (χ2v) is 10.1. The lowest BCUT2D eigenvalue weighted by atomic mass is 10.1. The van der Waals surface area contributed by atoms with Crippen molar-refractivity contribution >= 4 is 44.7 Å². The molecule has 176 valence electrons. The summed E-state index contributed by atoms with van der Waals surface area (Å²) in [6.07, 6.45) is 1.70. The predicted molar refractivity (Wildman–Crippen MR) is 137 cm³/mol. The van der Waals surface area contributed by atoms with Gasteiger partial charge in [0, 0.05) is 44.1 Å². The zero-order valence-corrected chi connectivity index (χ0v) is 21.7. The van der Waals surface area contributed by atoms with Crippen molar-refractivity contribution in [3.05, 3.63) is 40.7 Å². The molecule has 4 rings (SSSR count). The molecule has 1 aliphatic heterocycles. The lowest BCUT2D eigenvalue weighted by Crippen LogP contribution is -2.38. The summed E-state index contributed by atoms with van der Waals surface area (Å²) in [6, 6.07) is 8.70. The van der Waals surface area contributed by atoms with Gasteiger partial charge in [0.25, 0.3) is 5.56 Å². The van der Waals surface area contributed by atoms with Gasteiger partial charge in [-0.1, -0.05) is 22.6 Å². The van der Waals surface area contributed by atoms with Gasteiger partial charge in [-0.15, -0.1) is 0 Å². The molecule has 2 aromatic carbocycles. The summed E-state index contributed by atoms with van der Waals surface area (Å²) in [5.41, 5.74) is 0.719. The normalized spacial score (nSPS) is 16.0. The Morgan fingerprint density at radius 3 is 2.48 bits per heavy atom. The van der Waals surface area contributed by atoms with E-state index in [9.17, 15) is 9.35 Å². The number of aromatic nitrogens is 2. The molecule has 2 heterocycles. The first-order chi connectivity index (χ1) is 16.0. The maximum absolute atomic E-state index is 13.7. The number of H-pyrrole nitrogens is 1. The Hall–Kier alpha value is -2.02. The third-order valence-corrected chi connectivity index (χ3v) is 8.68. The highest BCUT2D eigenvalue weighted by atomic mass is 127. The van der Waals surface area contributed by atoms with Crippen LogP contribution < -0.4 is 19.8 Å². The van der Waals surface area contributed by atoms with Gasteiger partial charge in [0.05, 0.1) is 37.0 Å². The summed E-state index contributed by atoms with van der Waals surface area (Å²) in [7, 11) is 4.62. The van der Waals surface area contributed by atoms with Gasteiger partial charge in [0.1, 0.15) is 33.7 Å². The number of nitrogens with zero attached hydrogens (tertiary/aromatic N) is 2. The van der Waals surface area contributed by atoms with Gasteiger partial charge in [-0.2, -0.15) is 0 Å². The van der Waals surface area contributed by atoms with Crippen LogP contribution in [0.2, 0.25) is 0 Å². The smallest absolute Gasteiger partial charge is 0.262 e. The number of hydrogen-bond acceptors (Lipinski definition) is 7. The van der Waals surface area contributed by atoms with Gasteiger partial charge < -0.3 is 23.7 Å². The standard InChI is InChI=1S/C23H26IN3O5S/c1-30-14-4-5-17(20(12-14)33(29)16-6-8-27(13-24)9-7-16)22-25-18-10-15(31-2)11-19(32-3)21(18)23(28)26-22/h4-5,10-12,16H,6-9,13H2,1-3H3,(H,25,26,28). The molecule has 1 unspecified atom stereocenters. The van der Waals surface area contributed by atoms with Crippen LogP contribution in [0, 0.1) is 0 Å². The fraction of sp³-hybridized carbons (Fsp3) is 0.391. The Kier molecular flexibility index (Phi) is 7.67. The monoisotopic (exact) mass is 583 g/mol. The first-order valence-electron chi connectivity index (χ1n) is 10.5. The van der Waals surface area contributed by atoms with E-state index in [0.29, 0.717) is 44.4 Å². The Morgan fingerprint density at radius 1 is 1.12 bits per heavy atom. The third-order valence-electron chi connectivity index (χ3n) is 5.87. The van der Waals surface area contributed by atoms with Gasteiger partial charge >= 0.3 is 0 Å². The van der Waals surface area contributed by atoms with Crippen LogP contribution in [0.4, 0.5) is 0 Å². The quantitative estimate of drug-likeness (QED) is 0.197. The first-order valence-corrected chi connectivity index (χ1v) is 13.3. The molecule has 1 saturated heterocycles. The highest BCUT2D eigenvalue weighted by molar-refractivity contribution is 14.1. The second-order valence-electron chi connectivity index (χ2n) is 7.73. The van der Waals surface area contributed by atoms with Crippen molar-refractivity contribution < 1.29 is 18.8 Å². The minimum Gasteiger partial charge on any atom is -0.611 e. The molecule has 1 aromatic heterocycles. The number of likely N-dealkylation sites (tertiary alicyclic amines) is 1. The maximum Gasteiger partial charge on any atom is 0.262 e. The highest BCUT2D eigenvalue weighted by Gasteiger charge is 2.32. The van der Waals surface area contributed by atoms with Gasteiger partial charge in [-0.3, -0.25) is 9.69 Å². The van der Waals surface area contributed by atoms with Crippen LogP contribution >= 0.6 is 22.6 Å². The largest absolute Gasteiger partial charge is 0.611 e. The first kappa shape index (κ1) is 24.1. The highest BCUT2D eigenvalue weighted by Crippen LogP contribution is 2.35. The number of nitrogens with one attached hydrogen (secondary N) is 1. The van der Waals surface area contributed by atoms with Crippen molar-refractivity contribution in [2.75, 3.05) is 39.0 Å². The average molecular weight is 583 g/mol. The number of alkyl halides is 1. The predicted octanol–water partition coefficient (Wildman–Crippen LogP) is 3.58. The van der Waals surface area contributed by atoms with E-state index in [4.69, 9.17) is 19.2 Å². The topological polar surface area (TPSA) is 99.7 Å². The van der Waals surface area contributed by atoms with Crippen LogP contribution in [-0.4, -0.2) is 63.6 Å². The number of rotatable bonds is 7. The van der Waals surface area contributed by atoms with Crippen molar-refractivity contribution in [1.29, 1.82) is 0 Å². The van der Waals surface area contributed by atoms with E-state index in [1.165, 1.54) is 7.11 Å². The second kappa shape index (κ2) is 10.5. The van der Waals surface area contributed by atoms with Crippen LogP contribution in [0.25, 0.3) is 22.3 Å². The van der Waals surface area contributed by atoms with Gasteiger partial charge in [0.15, 0.2) is 4.90 Å². The molecule has 8 nitrogen and oxygen atoms in total. The number of benzene rings is 2. The number of hydrogen-bond donors (Lipinski definition) is 1. The maximum atomic E-state index is 13.7. The van der Waals surface area contributed by atoms with Crippen LogP contribution in [0.1, 0.15) is 12.8 Å². The molecule has 0 radical (unpaired) electrons. The molecule has 1 N–H and O–H groups in total. The van der Waals surface area contributed by atoms with Crippen LogP contribution in [0.5, 0.6) is 17.2 Å². The SMILES string of the molecule is COc1ccc(-c2nc3cc(OC)cc(OC)c3c(=O)[nH]2)c([S+]([O-])C2CCN(CI)CC2)c1. The van der Waals surface area contributed by atoms with Crippen molar-refractivity contribution in [2.24, 2.45) is 0 Å². The molecule has 0 spiro atoms. The number of fused-ring (bicyclic) bond motifs is 1. The zero-order valence-electron chi connectivity index (χ0n) is 18.7. The lowest BCUT2D eigenvalue weighted by Gasteiger charge is -2.31. The Balaban J connectivity index is 1.81. The van der Waals surface area contributed by atoms with Crippen molar-refractivity contribution in [2.45, 2.75) is 23.0 Å². The van der Waals surface area contributed by atoms with Crippen molar-refractivity contribution in [1.82, 2.24) is 14.9 Å². The molecular weight excluding hydrogens is 557 g/mol. The van der Waals surface area contributed by atoms with Crippen molar-refractivity contribution in [3.63, 3.8) is 0 Å². The summed E-state index contributed by atoms with van der Waals surface area (Å²) in [5, 5.41) is 0.367. The minimum atomic E-state index is -1.28. The van der Waals surface area contributed by atoms with Gasteiger partial charge in [-0.25, -0.2) is 4.98 Å². The molecule has 1 fully saturated rings. The van der Waals surface area contributed by atoms with Gasteiger partial charge in [0.2, 0.25) is 0 Å². The fourth-order valence-corrected chi connectivity index (χ4v) is 6.33. The van der Waals surface area contributed by atoms with Crippen molar-refractivity contribution in [3.8, 4) is 28.6 Å². The van der Waals surface area contributed by atoms with Gasteiger partial charge in [-0.05, 0) is 23.3 Å². The Morgan fingerprint density at radius 2 is 1.85 bits per heavy atom. The molecule has 33 heavy (non-hydrogen) atoms. The Bertz CT molecular complexity index is 1200. The summed E-state index contributed by atoms with van der Waals surface area (Å²) in [4.78, 5) is 23.5. The van der Waals surface area contributed by atoms with Crippen LogP contribution in [0.15, 0.2) is 40.0 Å². The summed E-state index contributed by atoms with van der Waals surface area (Å²) < 4.78 is 30.8. The van der Waals surface area contributed by atoms with Crippen LogP contribution in [0.3, 0.4) is 0 Å². The van der Waals surface area contributed by atoms with E-state index in [1.54, 1.807) is 44.6 Å². The molecule has 0 aliphatic carbocycles. The fourth-order valence-electron chi connectivity index (χ4n) is 4.03. The molecule has 3 aromatic rings. The summed E-state index contributed by atoms with van der Waals surface area (Å²) in [5.74, 6) is 1.87.